The highest BCUT2D eigenvalue weighted by atomic mass is 16.6. The molecule has 9 nitrogen and oxygen atoms in total. The zero-order valence-corrected chi connectivity index (χ0v) is 17.6. The first-order valence-corrected chi connectivity index (χ1v) is 9.60. The maximum atomic E-state index is 12.3. The van der Waals surface area contributed by atoms with Crippen LogP contribution in [-0.4, -0.2) is 54.8 Å². The third-order valence-electron chi connectivity index (χ3n) is 4.14. The quantitative estimate of drug-likeness (QED) is 0.672. The summed E-state index contributed by atoms with van der Waals surface area (Å²) in [6.07, 6.45) is 0.802. The molecule has 1 aliphatic rings. The zero-order valence-electron chi connectivity index (χ0n) is 17.6. The number of hydrogen-bond donors (Lipinski definition) is 3. The monoisotopic (exact) mass is 406 g/mol. The molecule has 160 valence electrons. The van der Waals surface area contributed by atoms with Crippen molar-refractivity contribution in [1.29, 1.82) is 0 Å². The van der Waals surface area contributed by atoms with Gasteiger partial charge in [0.05, 0.1) is 12.8 Å². The number of urea groups is 1. The van der Waals surface area contributed by atoms with Crippen LogP contribution in [0.4, 0.5) is 21.0 Å². The van der Waals surface area contributed by atoms with Gasteiger partial charge in [0.15, 0.2) is 0 Å². The molecule has 29 heavy (non-hydrogen) atoms. The van der Waals surface area contributed by atoms with E-state index in [4.69, 9.17) is 9.47 Å². The van der Waals surface area contributed by atoms with Crippen molar-refractivity contribution in [2.24, 2.45) is 0 Å². The van der Waals surface area contributed by atoms with Crippen LogP contribution in [0.5, 0.6) is 5.75 Å². The fraction of sp³-hybridized carbons (Fsp3) is 0.550. The third-order valence-corrected chi connectivity index (χ3v) is 4.14. The van der Waals surface area contributed by atoms with Gasteiger partial charge in [-0.1, -0.05) is 0 Å². The van der Waals surface area contributed by atoms with E-state index in [1.807, 2.05) is 6.92 Å². The van der Waals surface area contributed by atoms with Gasteiger partial charge in [-0.2, -0.15) is 0 Å². The molecule has 0 aromatic heterocycles. The van der Waals surface area contributed by atoms with Crippen molar-refractivity contribution in [3.63, 3.8) is 0 Å². The molecular weight excluding hydrogens is 376 g/mol. The molecule has 0 bridgehead atoms. The first-order valence-electron chi connectivity index (χ1n) is 9.60. The summed E-state index contributed by atoms with van der Waals surface area (Å²) in [5, 5.41) is 8.15. The van der Waals surface area contributed by atoms with Gasteiger partial charge in [-0.3, -0.25) is 10.1 Å². The maximum absolute atomic E-state index is 12.3. The van der Waals surface area contributed by atoms with Crippen molar-refractivity contribution in [2.75, 3.05) is 30.8 Å². The van der Waals surface area contributed by atoms with Crippen LogP contribution in [-0.2, 0) is 9.53 Å². The van der Waals surface area contributed by atoms with E-state index in [9.17, 15) is 14.4 Å². The van der Waals surface area contributed by atoms with Gasteiger partial charge in [0.25, 0.3) is 0 Å². The molecule has 1 aromatic carbocycles. The molecule has 0 radical (unpaired) electrons. The first-order chi connectivity index (χ1) is 13.6. The van der Waals surface area contributed by atoms with Gasteiger partial charge in [-0.25, -0.2) is 9.59 Å². The number of anilines is 2. The SMILES string of the molecule is COc1ccc(NC(=O)NC(C)CN2CCCC2=O)cc1NC(=O)OC(C)(C)C. The van der Waals surface area contributed by atoms with E-state index < -0.39 is 17.7 Å². The van der Waals surface area contributed by atoms with Gasteiger partial charge in [0, 0.05) is 31.2 Å². The van der Waals surface area contributed by atoms with E-state index in [1.165, 1.54) is 7.11 Å². The molecule has 3 N–H and O–H groups in total. The second kappa shape index (κ2) is 9.49. The number of amides is 4. The van der Waals surface area contributed by atoms with Crippen LogP contribution >= 0.6 is 0 Å². The van der Waals surface area contributed by atoms with Gasteiger partial charge in [-0.15, -0.1) is 0 Å². The number of nitrogens with one attached hydrogen (secondary N) is 3. The summed E-state index contributed by atoms with van der Waals surface area (Å²) in [5.74, 6) is 0.551. The fourth-order valence-corrected chi connectivity index (χ4v) is 2.96. The third kappa shape index (κ3) is 7.17. The van der Waals surface area contributed by atoms with Crippen molar-refractivity contribution < 1.29 is 23.9 Å². The molecule has 1 atom stereocenters. The van der Waals surface area contributed by atoms with E-state index >= 15 is 0 Å². The lowest BCUT2D eigenvalue weighted by Crippen LogP contribution is -2.44. The second-order valence-corrected chi connectivity index (χ2v) is 7.98. The number of nitrogens with zero attached hydrogens (tertiary/aromatic N) is 1. The molecule has 2 rings (SSSR count). The Hall–Kier alpha value is -2.97. The summed E-state index contributed by atoms with van der Waals surface area (Å²) in [4.78, 5) is 37.8. The van der Waals surface area contributed by atoms with Crippen LogP contribution in [0, 0.1) is 0 Å². The lowest BCUT2D eigenvalue weighted by Gasteiger charge is -2.22. The number of ether oxygens (including phenoxy) is 2. The highest BCUT2D eigenvalue weighted by Crippen LogP contribution is 2.28. The maximum Gasteiger partial charge on any atom is 0.412 e. The first kappa shape index (κ1) is 22.3. The molecule has 1 fully saturated rings. The van der Waals surface area contributed by atoms with E-state index in [1.54, 1.807) is 43.9 Å². The Balaban J connectivity index is 1.96. The highest BCUT2D eigenvalue weighted by molar-refractivity contribution is 5.92. The van der Waals surface area contributed by atoms with E-state index in [0.717, 1.165) is 13.0 Å². The Morgan fingerprint density at radius 1 is 1.24 bits per heavy atom. The Morgan fingerprint density at radius 2 is 1.97 bits per heavy atom. The summed E-state index contributed by atoms with van der Waals surface area (Å²) in [6, 6.07) is 4.27. The fourth-order valence-electron chi connectivity index (χ4n) is 2.96. The molecule has 4 amide bonds. The number of methoxy groups -OCH3 is 1. The predicted octanol–water partition coefficient (Wildman–Crippen LogP) is 3.17. The topological polar surface area (TPSA) is 109 Å². The average molecular weight is 406 g/mol. The number of carbonyl (C=O) groups excluding carboxylic acids is 3. The normalized spacial score (nSPS) is 14.9. The number of likely N-dealkylation sites (tertiary alicyclic amines) is 1. The second-order valence-electron chi connectivity index (χ2n) is 7.98. The molecule has 1 heterocycles. The Bertz CT molecular complexity index is 760. The minimum atomic E-state index is -0.639. The number of benzene rings is 1. The highest BCUT2D eigenvalue weighted by Gasteiger charge is 2.22. The van der Waals surface area contributed by atoms with E-state index in [0.29, 0.717) is 30.1 Å². The summed E-state index contributed by atoms with van der Waals surface area (Å²) >= 11 is 0. The van der Waals surface area contributed by atoms with Gasteiger partial charge in [0.2, 0.25) is 5.91 Å². The minimum Gasteiger partial charge on any atom is -0.495 e. The summed E-state index contributed by atoms with van der Waals surface area (Å²) in [6.45, 7) is 8.34. The van der Waals surface area contributed by atoms with Crippen molar-refractivity contribution in [3.05, 3.63) is 18.2 Å². The summed E-state index contributed by atoms with van der Waals surface area (Å²) in [5.41, 5.74) is 0.203. The molecule has 0 saturated carbocycles. The molecule has 0 aliphatic carbocycles. The largest absolute Gasteiger partial charge is 0.495 e. The van der Waals surface area contributed by atoms with Crippen molar-refractivity contribution >= 4 is 29.4 Å². The van der Waals surface area contributed by atoms with E-state index in [-0.39, 0.29) is 11.9 Å². The van der Waals surface area contributed by atoms with Crippen molar-refractivity contribution in [2.45, 2.75) is 52.2 Å². The van der Waals surface area contributed by atoms with Crippen LogP contribution in [0.3, 0.4) is 0 Å². The predicted molar refractivity (Wildman–Crippen MR) is 110 cm³/mol. The smallest absolute Gasteiger partial charge is 0.412 e. The number of hydrogen-bond acceptors (Lipinski definition) is 5. The Morgan fingerprint density at radius 3 is 2.55 bits per heavy atom. The molecular formula is C20H30N4O5. The van der Waals surface area contributed by atoms with Gasteiger partial charge in [-0.05, 0) is 52.3 Å². The Labute approximate surface area is 171 Å². The Kier molecular flexibility index (Phi) is 7.30. The van der Waals surface area contributed by atoms with Crippen LogP contribution in [0.2, 0.25) is 0 Å². The molecule has 1 unspecified atom stereocenters. The van der Waals surface area contributed by atoms with Gasteiger partial charge < -0.3 is 25.0 Å². The number of rotatable bonds is 6. The molecule has 1 aliphatic heterocycles. The van der Waals surface area contributed by atoms with Crippen LogP contribution in [0.15, 0.2) is 18.2 Å². The van der Waals surface area contributed by atoms with Gasteiger partial charge >= 0.3 is 12.1 Å². The van der Waals surface area contributed by atoms with Gasteiger partial charge in [0.1, 0.15) is 11.4 Å². The average Bonchev–Trinajstić information content (AvgIpc) is 2.97. The van der Waals surface area contributed by atoms with Crippen LogP contribution in [0.1, 0.15) is 40.5 Å². The van der Waals surface area contributed by atoms with E-state index in [2.05, 4.69) is 16.0 Å². The standard InChI is InChI=1S/C20H30N4O5/c1-13(12-24-10-6-7-17(24)25)21-18(26)22-14-8-9-16(28-5)15(11-14)23-19(27)29-20(2,3)4/h8-9,11,13H,6-7,10,12H2,1-5H3,(H,23,27)(H2,21,22,26). The molecule has 0 spiro atoms. The number of carbonyl (C=O) groups is 3. The van der Waals surface area contributed by atoms with Crippen molar-refractivity contribution in [3.8, 4) is 5.75 Å². The summed E-state index contributed by atoms with van der Waals surface area (Å²) < 4.78 is 10.5. The lowest BCUT2D eigenvalue weighted by atomic mass is 10.2. The molecule has 1 saturated heterocycles. The summed E-state index contributed by atoms with van der Waals surface area (Å²) in [7, 11) is 1.48. The zero-order chi connectivity index (χ0) is 21.6. The van der Waals surface area contributed by atoms with Crippen LogP contribution in [0.25, 0.3) is 0 Å². The molecule has 1 aromatic rings. The molecule has 9 heteroatoms. The minimum absolute atomic E-state index is 0.118. The van der Waals surface area contributed by atoms with Crippen LogP contribution < -0.4 is 20.7 Å². The lowest BCUT2D eigenvalue weighted by molar-refractivity contribution is -0.127. The van der Waals surface area contributed by atoms with Crippen molar-refractivity contribution in [1.82, 2.24) is 10.2 Å².